The molecule has 2 aromatic heterocycles. The largest absolute Gasteiger partial charge is 0.383 e. The molecule has 3 nitrogen and oxygen atoms in total. The van der Waals surface area contributed by atoms with Crippen molar-refractivity contribution >= 4 is 17.2 Å². The van der Waals surface area contributed by atoms with Gasteiger partial charge >= 0.3 is 0 Å². The van der Waals surface area contributed by atoms with E-state index in [1.807, 2.05) is 6.92 Å². The smallest absolute Gasteiger partial charge is 0.162 e. The van der Waals surface area contributed by atoms with Gasteiger partial charge < -0.3 is 5.73 Å². The number of rotatable bonds is 2. The van der Waals surface area contributed by atoms with Crippen molar-refractivity contribution in [1.82, 2.24) is 9.97 Å². The molecule has 84 valence electrons. The lowest BCUT2D eigenvalue weighted by Gasteiger charge is -2.08. The zero-order valence-corrected chi connectivity index (χ0v) is 10.6. The fourth-order valence-electron chi connectivity index (χ4n) is 1.77. The van der Waals surface area contributed by atoms with Gasteiger partial charge in [-0.15, -0.1) is 0 Å². The summed E-state index contributed by atoms with van der Waals surface area (Å²) in [4.78, 5) is 8.91. The average Bonchev–Trinajstić information content (AvgIpc) is 2.64. The lowest BCUT2D eigenvalue weighted by atomic mass is 10.1. The van der Waals surface area contributed by atoms with Crippen molar-refractivity contribution in [1.29, 1.82) is 0 Å². The van der Waals surface area contributed by atoms with Crippen LogP contribution in [0.3, 0.4) is 0 Å². The van der Waals surface area contributed by atoms with Crippen molar-refractivity contribution in [3.63, 3.8) is 0 Å². The summed E-state index contributed by atoms with van der Waals surface area (Å²) < 4.78 is 0. The fourth-order valence-corrected chi connectivity index (χ4v) is 2.59. The normalized spacial score (nSPS) is 10.7. The van der Waals surface area contributed by atoms with Gasteiger partial charge in [-0.3, -0.25) is 0 Å². The molecule has 0 aliphatic carbocycles. The average molecular weight is 233 g/mol. The molecule has 0 amide bonds. The van der Waals surface area contributed by atoms with E-state index in [4.69, 9.17) is 5.73 Å². The van der Waals surface area contributed by atoms with E-state index in [0.717, 1.165) is 29.1 Å². The van der Waals surface area contributed by atoms with E-state index < -0.39 is 0 Å². The van der Waals surface area contributed by atoms with E-state index in [1.165, 1.54) is 5.56 Å². The minimum atomic E-state index is 0.607. The minimum Gasteiger partial charge on any atom is -0.383 e. The summed E-state index contributed by atoms with van der Waals surface area (Å²) in [5.41, 5.74) is 10.3. The number of hydrogen-bond donors (Lipinski definition) is 1. The molecule has 0 saturated carbocycles. The first kappa shape index (κ1) is 11.1. The highest BCUT2D eigenvalue weighted by atomic mass is 32.1. The fraction of sp³-hybridized carbons (Fsp3) is 0.333. The Bertz CT molecular complexity index is 494. The van der Waals surface area contributed by atoms with Gasteiger partial charge in [-0.2, -0.15) is 11.3 Å². The van der Waals surface area contributed by atoms with Gasteiger partial charge in [0, 0.05) is 22.2 Å². The first-order valence-electron chi connectivity index (χ1n) is 5.29. The van der Waals surface area contributed by atoms with Gasteiger partial charge in [0.15, 0.2) is 5.82 Å². The molecule has 0 aliphatic heterocycles. The molecule has 2 heterocycles. The number of aryl methyl sites for hydroxylation is 2. The summed E-state index contributed by atoms with van der Waals surface area (Å²) in [6, 6.07) is 0. The second kappa shape index (κ2) is 4.22. The molecule has 0 unspecified atom stereocenters. The van der Waals surface area contributed by atoms with Gasteiger partial charge in [0.1, 0.15) is 5.82 Å². The second-order valence-electron chi connectivity index (χ2n) is 3.82. The molecule has 2 N–H and O–H groups in total. The summed E-state index contributed by atoms with van der Waals surface area (Å²) in [5.74, 6) is 1.35. The van der Waals surface area contributed by atoms with Gasteiger partial charge in [0.25, 0.3) is 0 Å². The Morgan fingerprint density at radius 3 is 2.50 bits per heavy atom. The Labute approximate surface area is 99.4 Å². The second-order valence-corrected chi connectivity index (χ2v) is 4.56. The maximum atomic E-state index is 5.94. The number of nitrogens with two attached hydrogens (primary N) is 1. The third-order valence-electron chi connectivity index (χ3n) is 2.70. The summed E-state index contributed by atoms with van der Waals surface area (Å²) in [6.45, 7) is 6.12. The molecule has 0 radical (unpaired) electrons. The highest BCUT2D eigenvalue weighted by Gasteiger charge is 2.11. The molecule has 0 atom stereocenters. The molecule has 2 aromatic rings. The topological polar surface area (TPSA) is 51.8 Å². The van der Waals surface area contributed by atoms with Crippen LogP contribution in [0.15, 0.2) is 10.8 Å². The van der Waals surface area contributed by atoms with E-state index in [1.54, 1.807) is 11.3 Å². The van der Waals surface area contributed by atoms with Crippen LogP contribution in [0.2, 0.25) is 0 Å². The molecule has 4 heteroatoms. The molecular formula is C12H15N3S. The SMILES string of the molecule is CCc1c(C)nc(-c2cscc2C)nc1N. The van der Waals surface area contributed by atoms with Crippen LogP contribution in [0, 0.1) is 13.8 Å². The first-order valence-corrected chi connectivity index (χ1v) is 6.24. The van der Waals surface area contributed by atoms with Gasteiger partial charge in [-0.1, -0.05) is 6.92 Å². The molecule has 0 bridgehead atoms. The highest BCUT2D eigenvalue weighted by molar-refractivity contribution is 7.08. The number of aromatic nitrogens is 2. The minimum absolute atomic E-state index is 0.607. The van der Waals surface area contributed by atoms with Crippen LogP contribution in [0.1, 0.15) is 23.7 Å². The predicted octanol–water partition coefficient (Wildman–Crippen LogP) is 2.97. The first-order chi connectivity index (χ1) is 7.63. The summed E-state index contributed by atoms with van der Waals surface area (Å²) in [6.07, 6.45) is 0.876. The van der Waals surface area contributed by atoms with Crippen LogP contribution >= 0.6 is 11.3 Å². The molecule has 0 fully saturated rings. The third kappa shape index (κ3) is 1.80. The Balaban J connectivity index is 2.57. The van der Waals surface area contributed by atoms with Gasteiger partial charge in [0.05, 0.1) is 0 Å². The van der Waals surface area contributed by atoms with Crippen LogP contribution in [0.25, 0.3) is 11.4 Å². The lowest BCUT2D eigenvalue weighted by Crippen LogP contribution is -2.04. The van der Waals surface area contributed by atoms with E-state index in [-0.39, 0.29) is 0 Å². The quantitative estimate of drug-likeness (QED) is 0.867. The van der Waals surface area contributed by atoms with Crippen molar-refractivity contribution in [2.45, 2.75) is 27.2 Å². The number of thiophene rings is 1. The van der Waals surface area contributed by atoms with Crippen molar-refractivity contribution in [2.24, 2.45) is 0 Å². The number of anilines is 1. The van der Waals surface area contributed by atoms with Crippen molar-refractivity contribution in [3.05, 3.63) is 27.6 Å². The van der Waals surface area contributed by atoms with Gasteiger partial charge in [-0.25, -0.2) is 9.97 Å². The molecule has 0 aliphatic rings. The summed E-state index contributed by atoms with van der Waals surface area (Å²) in [5, 5.41) is 4.16. The molecular weight excluding hydrogens is 218 g/mol. The van der Waals surface area contributed by atoms with E-state index in [2.05, 4.69) is 34.6 Å². The van der Waals surface area contributed by atoms with Crippen LogP contribution in [-0.4, -0.2) is 9.97 Å². The van der Waals surface area contributed by atoms with Gasteiger partial charge in [0.2, 0.25) is 0 Å². The van der Waals surface area contributed by atoms with E-state index in [0.29, 0.717) is 5.82 Å². The predicted molar refractivity (Wildman–Crippen MR) is 68.6 cm³/mol. The maximum absolute atomic E-state index is 5.94. The number of hydrogen-bond acceptors (Lipinski definition) is 4. The van der Waals surface area contributed by atoms with Crippen LogP contribution in [0.4, 0.5) is 5.82 Å². The maximum Gasteiger partial charge on any atom is 0.162 e. The zero-order chi connectivity index (χ0) is 11.7. The van der Waals surface area contributed by atoms with E-state index >= 15 is 0 Å². The van der Waals surface area contributed by atoms with Crippen molar-refractivity contribution in [2.75, 3.05) is 5.73 Å². The Kier molecular flexibility index (Phi) is 2.92. The van der Waals surface area contributed by atoms with Crippen LogP contribution in [0.5, 0.6) is 0 Å². The zero-order valence-electron chi connectivity index (χ0n) is 9.74. The van der Waals surface area contributed by atoms with Crippen molar-refractivity contribution < 1.29 is 0 Å². The Morgan fingerprint density at radius 2 is 2.00 bits per heavy atom. The Morgan fingerprint density at radius 1 is 1.25 bits per heavy atom. The standard InChI is InChI=1S/C12H15N3S/c1-4-9-8(3)14-12(15-11(9)13)10-6-16-5-7(10)2/h5-6H,4H2,1-3H3,(H2,13,14,15). The lowest BCUT2D eigenvalue weighted by molar-refractivity contribution is 1.01. The van der Waals surface area contributed by atoms with Crippen molar-refractivity contribution in [3.8, 4) is 11.4 Å². The summed E-state index contributed by atoms with van der Waals surface area (Å²) >= 11 is 1.66. The monoisotopic (exact) mass is 233 g/mol. The number of nitrogens with zero attached hydrogens (tertiary/aromatic N) is 2. The molecule has 2 rings (SSSR count). The van der Waals surface area contributed by atoms with Gasteiger partial charge in [-0.05, 0) is 31.2 Å². The van der Waals surface area contributed by atoms with Crippen LogP contribution < -0.4 is 5.73 Å². The molecule has 0 aromatic carbocycles. The summed E-state index contributed by atoms with van der Waals surface area (Å²) in [7, 11) is 0. The molecule has 16 heavy (non-hydrogen) atoms. The van der Waals surface area contributed by atoms with Crippen LogP contribution in [-0.2, 0) is 6.42 Å². The Hall–Kier alpha value is -1.42. The molecule has 0 spiro atoms. The number of nitrogen functional groups attached to an aromatic ring is 1. The molecule has 0 saturated heterocycles. The highest BCUT2D eigenvalue weighted by Crippen LogP contribution is 2.26. The third-order valence-corrected chi connectivity index (χ3v) is 3.56. The van der Waals surface area contributed by atoms with E-state index in [9.17, 15) is 0 Å².